The third-order valence-electron chi connectivity index (χ3n) is 6.83. The highest BCUT2D eigenvalue weighted by Crippen LogP contribution is 2.67. The summed E-state index contributed by atoms with van der Waals surface area (Å²) in [4.78, 5) is 42.1. The number of hydrogen-bond acceptors (Lipinski definition) is 5. The lowest BCUT2D eigenvalue weighted by molar-refractivity contribution is -0.138. The number of likely N-dealkylation sites (tertiary alicyclic amines) is 1. The zero-order valence-corrected chi connectivity index (χ0v) is 21.1. The molecule has 34 heavy (non-hydrogen) atoms. The number of β-amino-alcohol motifs (C(OH)–C–C–N with tert-alkyl or cyclic N) is 1. The van der Waals surface area contributed by atoms with Gasteiger partial charge in [0.15, 0.2) is 0 Å². The van der Waals surface area contributed by atoms with Gasteiger partial charge in [-0.2, -0.15) is 0 Å². The maximum absolute atomic E-state index is 13.7. The topological polar surface area (TPSA) is 98.7 Å². The molecule has 1 spiro atoms. The number of halogens is 2. The molecule has 6 atom stereocenters. The van der Waals surface area contributed by atoms with Gasteiger partial charge in [0, 0.05) is 33.0 Å². The molecule has 178 valence electrons. The van der Waals surface area contributed by atoms with E-state index in [2.05, 4.69) is 26.6 Å². The minimum absolute atomic E-state index is 0.0204. The molecule has 0 radical (unpaired) electrons. The van der Waals surface area contributed by atoms with Gasteiger partial charge in [-0.25, -0.2) is 0 Å². The minimum atomic E-state index is -0.808. The van der Waals surface area contributed by atoms with Crippen molar-refractivity contribution in [1.82, 2.24) is 4.90 Å². The van der Waals surface area contributed by atoms with E-state index in [-0.39, 0.29) is 41.0 Å². The number of hydrogen-bond donors (Lipinski definition) is 3. The summed E-state index contributed by atoms with van der Waals surface area (Å²) in [5.74, 6) is -2.05. The van der Waals surface area contributed by atoms with Crippen LogP contribution in [-0.2, 0) is 14.4 Å². The molecule has 3 saturated heterocycles. The molecule has 2 aromatic carbocycles. The molecule has 3 fully saturated rings. The van der Waals surface area contributed by atoms with E-state index in [0.29, 0.717) is 22.8 Å². The number of aliphatic hydroxyl groups excluding tert-OH is 1. The first-order valence-corrected chi connectivity index (χ1v) is 13.2. The van der Waals surface area contributed by atoms with Crippen LogP contribution in [0.15, 0.2) is 54.6 Å². The lowest BCUT2D eigenvalue weighted by Crippen LogP contribution is -2.53. The van der Waals surface area contributed by atoms with E-state index in [0.717, 1.165) is 0 Å². The number of fused-ring (bicyclic) bond motifs is 1. The molecular weight excluding hydrogens is 542 g/mol. The first kappa shape index (κ1) is 23.7. The van der Waals surface area contributed by atoms with E-state index in [1.54, 1.807) is 48.2 Å². The van der Waals surface area contributed by atoms with Gasteiger partial charge < -0.3 is 20.6 Å². The Labute approximate surface area is 214 Å². The summed E-state index contributed by atoms with van der Waals surface area (Å²) in [6.45, 7) is -0.243. The van der Waals surface area contributed by atoms with Gasteiger partial charge in [0.2, 0.25) is 17.7 Å². The molecule has 7 nitrogen and oxygen atoms in total. The van der Waals surface area contributed by atoms with E-state index in [4.69, 9.17) is 11.6 Å². The standard InChI is InChI=1S/C24H23BrClN3O4S/c25-16-12-24-18(17(19(16)34-24)21(31)27-14-4-2-1-3-5-14)23(33)29(10-11-30)20(24)22(32)28-15-8-6-13(26)7-9-15/h1-9,16-20,30H,10-12H2,(H,27,31)(H,28,32)/t16?,17-,18+,19-,20?,24?/m1/s1. The summed E-state index contributed by atoms with van der Waals surface area (Å²) in [5, 5.41) is 15.9. The van der Waals surface area contributed by atoms with Crippen molar-refractivity contribution in [2.24, 2.45) is 11.8 Å². The summed E-state index contributed by atoms with van der Waals surface area (Å²) in [6, 6.07) is 15.1. The Balaban J connectivity index is 1.48. The van der Waals surface area contributed by atoms with Crippen molar-refractivity contribution in [1.29, 1.82) is 0 Å². The summed E-state index contributed by atoms with van der Waals surface area (Å²) in [6.07, 6.45) is 0.578. The van der Waals surface area contributed by atoms with Crippen molar-refractivity contribution in [2.45, 2.75) is 27.3 Å². The summed E-state index contributed by atoms with van der Waals surface area (Å²) in [5.41, 5.74) is 1.23. The molecule has 3 N–H and O–H groups in total. The van der Waals surface area contributed by atoms with Gasteiger partial charge in [0.1, 0.15) is 6.04 Å². The monoisotopic (exact) mass is 563 g/mol. The van der Waals surface area contributed by atoms with Crippen LogP contribution in [0.1, 0.15) is 6.42 Å². The molecule has 0 aliphatic carbocycles. The van der Waals surface area contributed by atoms with Gasteiger partial charge in [-0.05, 0) is 42.8 Å². The lowest BCUT2D eigenvalue weighted by atomic mass is 9.70. The van der Waals surface area contributed by atoms with Crippen LogP contribution in [0, 0.1) is 11.8 Å². The summed E-state index contributed by atoms with van der Waals surface area (Å²) >= 11 is 11.2. The number of anilines is 2. The number of alkyl halides is 1. The number of carbonyl (C=O) groups excluding carboxylic acids is 3. The van der Waals surface area contributed by atoms with Crippen LogP contribution in [-0.4, -0.2) is 61.7 Å². The second-order valence-corrected chi connectivity index (χ2v) is 11.9. The predicted molar refractivity (Wildman–Crippen MR) is 136 cm³/mol. The highest BCUT2D eigenvalue weighted by atomic mass is 79.9. The van der Waals surface area contributed by atoms with Crippen molar-refractivity contribution in [3.8, 4) is 0 Å². The van der Waals surface area contributed by atoms with Gasteiger partial charge >= 0.3 is 0 Å². The maximum atomic E-state index is 13.7. The Hall–Kier alpha value is -2.07. The number of nitrogens with zero attached hydrogens (tertiary/aromatic N) is 1. The van der Waals surface area contributed by atoms with Gasteiger partial charge in [0.25, 0.3) is 0 Å². The summed E-state index contributed by atoms with van der Waals surface area (Å²) < 4.78 is -0.764. The fraction of sp³-hybridized carbons (Fsp3) is 0.375. The zero-order chi connectivity index (χ0) is 24.0. The highest BCUT2D eigenvalue weighted by molar-refractivity contribution is 9.09. The van der Waals surface area contributed by atoms with Crippen molar-refractivity contribution in [3.05, 3.63) is 59.6 Å². The minimum Gasteiger partial charge on any atom is -0.395 e. The SMILES string of the molecule is O=C(Nc1ccc(Cl)cc1)C1N(CCO)C(=O)[C@@H]2[C@@H](C(=O)Nc3ccccc3)[C@@H]3SC12CC3Br. The van der Waals surface area contributed by atoms with Crippen molar-refractivity contribution < 1.29 is 19.5 Å². The van der Waals surface area contributed by atoms with Crippen LogP contribution in [0.3, 0.4) is 0 Å². The third-order valence-corrected chi connectivity index (χ3v) is 10.3. The third kappa shape index (κ3) is 3.82. The van der Waals surface area contributed by atoms with E-state index in [1.165, 1.54) is 4.90 Å². The fourth-order valence-electron chi connectivity index (χ4n) is 5.57. The Morgan fingerprint density at radius 1 is 1.09 bits per heavy atom. The predicted octanol–water partition coefficient (Wildman–Crippen LogP) is 3.37. The molecule has 5 rings (SSSR count). The van der Waals surface area contributed by atoms with E-state index < -0.39 is 22.6 Å². The first-order valence-electron chi connectivity index (χ1n) is 11.0. The quantitative estimate of drug-likeness (QED) is 0.468. The molecule has 3 unspecified atom stereocenters. The molecule has 2 bridgehead atoms. The number of rotatable bonds is 6. The van der Waals surface area contributed by atoms with Crippen LogP contribution in [0.2, 0.25) is 5.02 Å². The second-order valence-electron chi connectivity index (χ2n) is 8.77. The van der Waals surface area contributed by atoms with E-state index >= 15 is 0 Å². The molecule has 10 heteroatoms. The molecule has 2 aromatic rings. The van der Waals surface area contributed by atoms with Crippen LogP contribution < -0.4 is 10.6 Å². The molecule has 3 heterocycles. The Morgan fingerprint density at radius 2 is 1.74 bits per heavy atom. The summed E-state index contributed by atoms with van der Waals surface area (Å²) in [7, 11) is 0. The van der Waals surface area contributed by atoms with Crippen LogP contribution in [0.25, 0.3) is 0 Å². The average Bonchev–Trinajstić information content (AvgIpc) is 3.40. The van der Waals surface area contributed by atoms with Crippen LogP contribution in [0.4, 0.5) is 11.4 Å². The van der Waals surface area contributed by atoms with Crippen molar-refractivity contribution in [3.63, 3.8) is 0 Å². The maximum Gasteiger partial charge on any atom is 0.248 e. The Bertz CT molecular complexity index is 1120. The Morgan fingerprint density at radius 3 is 2.41 bits per heavy atom. The number of benzene rings is 2. The zero-order valence-electron chi connectivity index (χ0n) is 18.0. The Kier molecular flexibility index (Phi) is 6.39. The molecule has 3 aliphatic heterocycles. The average molecular weight is 565 g/mol. The molecular formula is C24H23BrClN3O4S. The van der Waals surface area contributed by atoms with Crippen molar-refractivity contribution >= 4 is 68.4 Å². The number of para-hydroxylation sites is 1. The normalized spacial score (nSPS) is 31.4. The fourth-order valence-corrected chi connectivity index (χ4v) is 9.31. The van der Waals surface area contributed by atoms with E-state index in [1.807, 2.05) is 18.2 Å². The highest BCUT2D eigenvalue weighted by Gasteiger charge is 2.75. The largest absolute Gasteiger partial charge is 0.395 e. The number of carbonyl (C=O) groups is 3. The van der Waals surface area contributed by atoms with Crippen LogP contribution in [0.5, 0.6) is 0 Å². The number of nitrogens with one attached hydrogen (secondary N) is 2. The van der Waals surface area contributed by atoms with Crippen LogP contribution >= 0.6 is 39.3 Å². The molecule has 0 saturated carbocycles. The van der Waals surface area contributed by atoms with E-state index in [9.17, 15) is 19.5 Å². The smallest absolute Gasteiger partial charge is 0.248 e. The molecule has 3 amide bonds. The first-order chi connectivity index (χ1) is 16.4. The number of thioether (sulfide) groups is 1. The van der Waals surface area contributed by atoms with Gasteiger partial charge in [-0.15, -0.1) is 11.8 Å². The molecule has 3 aliphatic rings. The van der Waals surface area contributed by atoms with Gasteiger partial charge in [-0.3, -0.25) is 14.4 Å². The lowest BCUT2D eigenvalue weighted by Gasteiger charge is -2.35. The molecule has 0 aromatic heterocycles. The second kappa shape index (κ2) is 9.18. The van der Waals surface area contributed by atoms with Gasteiger partial charge in [-0.1, -0.05) is 45.7 Å². The van der Waals surface area contributed by atoms with Crippen molar-refractivity contribution in [2.75, 3.05) is 23.8 Å². The number of aliphatic hydroxyl groups is 1. The number of amides is 3. The van der Waals surface area contributed by atoms with Gasteiger partial charge in [0.05, 0.1) is 23.2 Å².